The van der Waals surface area contributed by atoms with E-state index in [1.54, 1.807) is 6.07 Å². The fraction of sp³-hybridized carbons (Fsp3) is 0.261. The van der Waals surface area contributed by atoms with E-state index in [4.69, 9.17) is 5.73 Å². The lowest BCUT2D eigenvalue weighted by molar-refractivity contribution is 0.477. The number of H-pyrrole nitrogens is 1. The van der Waals surface area contributed by atoms with E-state index < -0.39 is 0 Å². The molecule has 2 atom stereocenters. The summed E-state index contributed by atoms with van der Waals surface area (Å²) in [6, 6.07) is 12.3. The molecular formula is C23H22N2O2S. The highest BCUT2D eigenvalue weighted by Crippen LogP contribution is 2.42. The molecule has 0 spiro atoms. The molecule has 0 aliphatic heterocycles. The van der Waals surface area contributed by atoms with Crippen molar-refractivity contribution in [1.82, 2.24) is 4.98 Å². The van der Waals surface area contributed by atoms with Gasteiger partial charge in [0.05, 0.1) is 5.52 Å². The Morgan fingerprint density at radius 1 is 1.18 bits per heavy atom. The number of nitrogens with two attached hydrogens (primary N) is 1. The van der Waals surface area contributed by atoms with E-state index in [1.807, 2.05) is 18.4 Å². The molecule has 2 aromatic carbocycles. The van der Waals surface area contributed by atoms with Gasteiger partial charge in [0.15, 0.2) is 0 Å². The maximum atomic E-state index is 12.4. The molecule has 0 unspecified atom stereocenters. The van der Waals surface area contributed by atoms with Crippen LogP contribution in [-0.4, -0.2) is 16.1 Å². The molecule has 4 nitrogen and oxygen atoms in total. The molecule has 5 rings (SSSR count). The van der Waals surface area contributed by atoms with Crippen LogP contribution in [0.5, 0.6) is 5.75 Å². The Balaban J connectivity index is 1.75. The van der Waals surface area contributed by atoms with Crippen LogP contribution in [0.15, 0.2) is 46.6 Å². The van der Waals surface area contributed by atoms with Crippen molar-refractivity contribution in [2.75, 3.05) is 0 Å². The summed E-state index contributed by atoms with van der Waals surface area (Å²) in [5.74, 6) is 0.646. The number of hydrogen-bond acceptors (Lipinski definition) is 4. The summed E-state index contributed by atoms with van der Waals surface area (Å²) in [6.07, 6.45) is 3.40. The summed E-state index contributed by atoms with van der Waals surface area (Å²) in [7, 11) is 0. The van der Waals surface area contributed by atoms with Crippen molar-refractivity contribution in [2.24, 2.45) is 5.73 Å². The second-order valence-corrected chi connectivity index (χ2v) is 8.69. The number of aromatic nitrogens is 1. The minimum absolute atomic E-state index is 0.0807. The Bertz CT molecular complexity index is 1250. The van der Waals surface area contributed by atoms with Gasteiger partial charge in [-0.15, -0.1) is 11.3 Å². The lowest BCUT2D eigenvalue weighted by Gasteiger charge is -2.17. The zero-order valence-corrected chi connectivity index (χ0v) is 16.5. The quantitative estimate of drug-likeness (QED) is 0.450. The zero-order chi connectivity index (χ0) is 19.4. The molecule has 0 amide bonds. The topological polar surface area (TPSA) is 79.1 Å². The van der Waals surface area contributed by atoms with Gasteiger partial charge >= 0.3 is 0 Å². The van der Waals surface area contributed by atoms with Crippen LogP contribution in [-0.2, 0) is 0 Å². The first-order chi connectivity index (χ1) is 13.5. The largest absolute Gasteiger partial charge is 0.507 e. The molecule has 5 heteroatoms. The second kappa shape index (κ2) is 6.47. The molecule has 2 aromatic heterocycles. The van der Waals surface area contributed by atoms with Crippen molar-refractivity contribution in [3.05, 3.63) is 63.3 Å². The van der Waals surface area contributed by atoms with Gasteiger partial charge in [0.2, 0.25) is 0 Å². The van der Waals surface area contributed by atoms with E-state index in [-0.39, 0.29) is 17.4 Å². The fourth-order valence-corrected chi connectivity index (χ4v) is 5.47. The maximum absolute atomic E-state index is 12.4. The third-order valence-corrected chi connectivity index (χ3v) is 6.99. The standard InChI is InChI=1S/C23H22N2O2S/c1-12-11-18(26)19(20-16-9-10-28-22(16)23(27)25-21(12)20)14-7-5-13(6-8-14)15-3-2-4-17(15)24/h5-11,15,17,26H,2-4,24H2,1H3,(H,25,27)/t15-,17-/m1/s1. The smallest absolute Gasteiger partial charge is 0.266 e. The third kappa shape index (κ3) is 2.58. The Labute approximate surface area is 166 Å². The molecule has 2 heterocycles. The van der Waals surface area contributed by atoms with Crippen LogP contribution in [0.4, 0.5) is 0 Å². The summed E-state index contributed by atoms with van der Waals surface area (Å²) in [5, 5.41) is 14.5. The first-order valence-corrected chi connectivity index (χ1v) is 10.5. The number of hydrogen-bond donors (Lipinski definition) is 3. The Hall–Kier alpha value is -2.63. The molecule has 0 radical (unpaired) electrons. The third-order valence-electron chi connectivity index (χ3n) is 6.08. The van der Waals surface area contributed by atoms with Crippen LogP contribution < -0.4 is 11.3 Å². The number of aromatic hydroxyl groups is 1. The summed E-state index contributed by atoms with van der Waals surface area (Å²) >= 11 is 1.42. The first-order valence-electron chi connectivity index (χ1n) is 9.66. The highest BCUT2D eigenvalue weighted by Gasteiger charge is 2.25. The number of fused-ring (bicyclic) bond motifs is 3. The van der Waals surface area contributed by atoms with Gasteiger partial charge in [-0.25, -0.2) is 0 Å². The SMILES string of the molecule is Cc1cc(O)c(-c2ccc([C@H]3CCC[C@H]3N)cc2)c2c1[nH]c(=O)c1sccc12. The van der Waals surface area contributed by atoms with Gasteiger partial charge in [-0.3, -0.25) is 4.79 Å². The Morgan fingerprint density at radius 2 is 1.96 bits per heavy atom. The van der Waals surface area contributed by atoms with E-state index in [1.165, 1.54) is 23.3 Å². The molecule has 4 N–H and O–H groups in total. The van der Waals surface area contributed by atoms with Crippen LogP contribution >= 0.6 is 11.3 Å². The Morgan fingerprint density at radius 3 is 2.68 bits per heavy atom. The van der Waals surface area contributed by atoms with E-state index in [0.29, 0.717) is 10.6 Å². The summed E-state index contributed by atoms with van der Waals surface area (Å²) in [5.41, 5.74) is 10.8. The molecule has 0 bridgehead atoms. The highest BCUT2D eigenvalue weighted by molar-refractivity contribution is 7.17. The van der Waals surface area contributed by atoms with Gasteiger partial charge in [-0.1, -0.05) is 30.7 Å². The minimum atomic E-state index is -0.0807. The second-order valence-electron chi connectivity index (χ2n) is 7.78. The first kappa shape index (κ1) is 17.5. The number of aromatic amines is 1. The number of rotatable bonds is 2. The average Bonchev–Trinajstić information content (AvgIpc) is 3.33. The predicted molar refractivity (Wildman–Crippen MR) is 116 cm³/mol. The fourth-order valence-electron chi connectivity index (χ4n) is 4.67. The molecular weight excluding hydrogens is 368 g/mol. The van der Waals surface area contributed by atoms with Crippen molar-refractivity contribution in [2.45, 2.75) is 38.1 Å². The average molecular weight is 391 g/mol. The van der Waals surface area contributed by atoms with Gasteiger partial charge in [-0.2, -0.15) is 0 Å². The molecule has 1 saturated carbocycles. The van der Waals surface area contributed by atoms with Crippen molar-refractivity contribution < 1.29 is 5.11 Å². The van der Waals surface area contributed by atoms with Crippen LogP contribution in [0.3, 0.4) is 0 Å². The Kier molecular flexibility index (Phi) is 4.03. The van der Waals surface area contributed by atoms with Crippen molar-refractivity contribution in [3.63, 3.8) is 0 Å². The van der Waals surface area contributed by atoms with Gasteiger partial charge < -0.3 is 15.8 Å². The number of thiophene rings is 1. The van der Waals surface area contributed by atoms with Crippen molar-refractivity contribution in [3.8, 4) is 16.9 Å². The molecule has 4 aromatic rings. The van der Waals surface area contributed by atoms with E-state index >= 15 is 0 Å². The summed E-state index contributed by atoms with van der Waals surface area (Å²) in [4.78, 5) is 15.5. The molecule has 142 valence electrons. The maximum Gasteiger partial charge on any atom is 0.266 e. The van der Waals surface area contributed by atoms with E-state index in [0.717, 1.165) is 45.8 Å². The monoisotopic (exact) mass is 390 g/mol. The summed E-state index contributed by atoms with van der Waals surface area (Å²) in [6.45, 7) is 1.91. The number of phenolic OH excluding ortho intramolecular Hbond substituents is 1. The predicted octanol–water partition coefficient (Wildman–Crippen LogP) is 5.02. The molecule has 0 saturated heterocycles. The molecule has 1 fully saturated rings. The highest BCUT2D eigenvalue weighted by atomic mass is 32.1. The molecule has 1 aliphatic rings. The molecule has 28 heavy (non-hydrogen) atoms. The number of nitrogens with one attached hydrogen (secondary N) is 1. The van der Waals surface area contributed by atoms with E-state index in [2.05, 4.69) is 29.2 Å². The van der Waals surface area contributed by atoms with Crippen molar-refractivity contribution >= 4 is 32.3 Å². The van der Waals surface area contributed by atoms with Gasteiger partial charge in [0.1, 0.15) is 10.4 Å². The summed E-state index contributed by atoms with van der Waals surface area (Å²) < 4.78 is 0.687. The lowest BCUT2D eigenvalue weighted by atomic mass is 9.91. The zero-order valence-electron chi connectivity index (χ0n) is 15.7. The van der Waals surface area contributed by atoms with Crippen LogP contribution in [0.2, 0.25) is 0 Å². The van der Waals surface area contributed by atoms with Gasteiger partial charge in [0.25, 0.3) is 5.56 Å². The molecule has 1 aliphatic carbocycles. The number of benzene rings is 2. The van der Waals surface area contributed by atoms with Crippen LogP contribution in [0, 0.1) is 6.92 Å². The number of phenols is 1. The number of aryl methyl sites for hydroxylation is 1. The number of pyridine rings is 1. The van der Waals surface area contributed by atoms with Gasteiger partial charge in [-0.05, 0) is 59.9 Å². The van der Waals surface area contributed by atoms with Crippen LogP contribution in [0.25, 0.3) is 32.1 Å². The normalized spacial score (nSPS) is 19.6. The minimum Gasteiger partial charge on any atom is -0.507 e. The van der Waals surface area contributed by atoms with E-state index in [9.17, 15) is 9.90 Å². The van der Waals surface area contributed by atoms with Crippen LogP contribution in [0.1, 0.15) is 36.3 Å². The lowest BCUT2D eigenvalue weighted by Crippen LogP contribution is -2.22. The van der Waals surface area contributed by atoms with Gasteiger partial charge in [0, 0.05) is 22.4 Å². The van der Waals surface area contributed by atoms with Crippen molar-refractivity contribution in [1.29, 1.82) is 0 Å².